The number of carbonyl (C=O) groups excluding carboxylic acids is 2. The zero-order chi connectivity index (χ0) is 11.5. The number of ether oxygens (including phenoxy) is 1. The average molecular weight is 225 g/mol. The smallest absolute Gasteiger partial charge is 0.385 e. The van der Waals surface area contributed by atoms with Gasteiger partial charge in [-0.15, -0.1) is 0 Å². The van der Waals surface area contributed by atoms with Gasteiger partial charge < -0.3 is 10.1 Å². The predicted octanol–water partition coefficient (Wildman–Crippen LogP) is 0.761. The van der Waals surface area contributed by atoms with E-state index >= 15 is 0 Å². The van der Waals surface area contributed by atoms with E-state index in [0.717, 1.165) is 12.8 Å². The summed E-state index contributed by atoms with van der Waals surface area (Å²) in [5.74, 6) is -3.61. The molecule has 1 saturated heterocycles. The second-order valence-corrected chi connectivity index (χ2v) is 3.21. The second-order valence-electron chi connectivity index (χ2n) is 3.21. The van der Waals surface area contributed by atoms with Crippen LogP contribution in [0.2, 0.25) is 0 Å². The van der Waals surface area contributed by atoms with E-state index in [0.29, 0.717) is 13.0 Å². The monoisotopic (exact) mass is 225 g/mol. The number of halogens is 3. The van der Waals surface area contributed by atoms with Crippen LogP contribution < -0.4 is 5.32 Å². The number of piperidine rings is 1. The second kappa shape index (κ2) is 4.61. The van der Waals surface area contributed by atoms with E-state index in [-0.39, 0.29) is 0 Å². The molecule has 15 heavy (non-hydrogen) atoms. The van der Waals surface area contributed by atoms with Crippen LogP contribution in [-0.2, 0) is 14.3 Å². The quantitative estimate of drug-likeness (QED) is 0.528. The molecular formula is C8H10F3NO3. The minimum atomic E-state index is -5.12. The maximum atomic E-state index is 11.7. The fourth-order valence-corrected chi connectivity index (χ4v) is 1.27. The van der Waals surface area contributed by atoms with Crippen molar-refractivity contribution in [2.45, 2.75) is 31.5 Å². The molecule has 0 spiro atoms. The van der Waals surface area contributed by atoms with Crippen LogP contribution in [0.5, 0.6) is 0 Å². The Morgan fingerprint density at radius 2 is 1.93 bits per heavy atom. The van der Waals surface area contributed by atoms with Crippen molar-refractivity contribution >= 4 is 11.9 Å². The summed E-state index contributed by atoms with van der Waals surface area (Å²) in [4.78, 5) is 21.4. The van der Waals surface area contributed by atoms with Crippen molar-refractivity contribution in [3.8, 4) is 0 Å². The van der Waals surface area contributed by atoms with Gasteiger partial charge in [0.2, 0.25) is 0 Å². The first-order valence-electron chi connectivity index (χ1n) is 4.47. The van der Waals surface area contributed by atoms with Crippen LogP contribution in [0, 0.1) is 0 Å². The molecule has 1 aliphatic heterocycles. The van der Waals surface area contributed by atoms with E-state index in [2.05, 4.69) is 10.1 Å². The van der Waals surface area contributed by atoms with Crippen LogP contribution in [0.15, 0.2) is 0 Å². The first-order valence-corrected chi connectivity index (χ1v) is 4.47. The summed E-state index contributed by atoms with van der Waals surface area (Å²) in [6.07, 6.45) is -3.14. The number of esters is 2. The summed E-state index contributed by atoms with van der Waals surface area (Å²) >= 11 is 0. The zero-order valence-electron chi connectivity index (χ0n) is 7.76. The first kappa shape index (κ1) is 12.0. The highest BCUT2D eigenvalue weighted by Gasteiger charge is 2.43. The van der Waals surface area contributed by atoms with Crippen molar-refractivity contribution in [3.63, 3.8) is 0 Å². The molecule has 0 saturated carbocycles. The van der Waals surface area contributed by atoms with Gasteiger partial charge in [-0.3, -0.25) is 0 Å². The molecule has 0 aromatic rings. The van der Waals surface area contributed by atoms with E-state index in [1.807, 2.05) is 0 Å². The molecule has 4 nitrogen and oxygen atoms in total. The van der Waals surface area contributed by atoms with Crippen LogP contribution in [0.1, 0.15) is 19.3 Å². The van der Waals surface area contributed by atoms with Crippen LogP contribution in [-0.4, -0.2) is 30.7 Å². The van der Waals surface area contributed by atoms with E-state index < -0.39 is 24.2 Å². The molecule has 1 atom stereocenters. The van der Waals surface area contributed by atoms with E-state index in [4.69, 9.17) is 0 Å². The van der Waals surface area contributed by atoms with Gasteiger partial charge in [0, 0.05) is 0 Å². The van der Waals surface area contributed by atoms with Gasteiger partial charge in [-0.2, -0.15) is 13.2 Å². The summed E-state index contributed by atoms with van der Waals surface area (Å²) in [6.45, 7) is 0.542. The molecule has 1 N–H and O–H groups in total. The van der Waals surface area contributed by atoms with Crippen molar-refractivity contribution < 1.29 is 27.5 Å². The van der Waals surface area contributed by atoms with Gasteiger partial charge in [0.15, 0.2) is 0 Å². The highest BCUT2D eigenvalue weighted by atomic mass is 19.4. The molecular weight excluding hydrogens is 215 g/mol. The zero-order valence-corrected chi connectivity index (χ0v) is 7.76. The van der Waals surface area contributed by atoms with Gasteiger partial charge in [0.05, 0.1) is 0 Å². The van der Waals surface area contributed by atoms with Gasteiger partial charge >= 0.3 is 18.1 Å². The SMILES string of the molecule is O=C(OC(=O)C(F)(F)F)C1CCCCN1. The molecule has 7 heteroatoms. The highest BCUT2D eigenvalue weighted by molar-refractivity contribution is 5.90. The minimum Gasteiger partial charge on any atom is -0.385 e. The summed E-state index contributed by atoms with van der Waals surface area (Å²) < 4.78 is 38.9. The van der Waals surface area contributed by atoms with E-state index in [9.17, 15) is 22.8 Å². The molecule has 1 unspecified atom stereocenters. The molecule has 0 radical (unpaired) electrons. The average Bonchev–Trinajstić information content (AvgIpc) is 2.17. The fraction of sp³-hybridized carbons (Fsp3) is 0.750. The van der Waals surface area contributed by atoms with Crippen molar-refractivity contribution in [2.24, 2.45) is 0 Å². The topological polar surface area (TPSA) is 55.4 Å². The largest absolute Gasteiger partial charge is 0.491 e. The molecule has 1 aliphatic rings. The Kier molecular flexibility index (Phi) is 3.67. The lowest BCUT2D eigenvalue weighted by molar-refractivity contribution is -0.202. The molecule has 0 aromatic heterocycles. The highest BCUT2D eigenvalue weighted by Crippen LogP contribution is 2.17. The van der Waals surface area contributed by atoms with Crippen LogP contribution in [0.4, 0.5) is 13.2 Å². The number of nitrogens with one attached hydrogen (secondary N) is 1. The Morgan fingerprint density at radius 1 is 1.27 bits per heavy atom. The van der Waals surface area contributed by atoms with Crippen molar-refractivity contribution in [1.29, 1.82) is 0 Å². The van der Waals surface area contributed by atoms with Crippen molar-refractivity contribution in [2.75, 3.05) is 6.54 Å². The third-order valence-corrected chi connectivity index (χ3v) is 2.02. The lowest BCUT2D eigenvalue weighted by atomic mass is 10.1. The maximum absolute atomic E-state index is 11.7. The van der Waals surface area contributed by atoms with Crippen LogP contribution >= 0.6 is 0 Å². The fourth-order valence-electron chi connectivity index (χ4n) is 1.27. The van der Waals surface area contributed by atoms with Gasteiger partial charge in [-0.1, -0.05) is 6.42 Å². The van der Waals surface area contributed by atoms with E-state index in [1.165, 1.54) is 0 Å². The molecule has 86 valence electrons. The summed E-state index contributed by atoms with van der Waals surface area (Å²) in [5, 5.41) is 2.68. The predicted molar refractivity (Wildman–Crippen MR) is 42.8 cm³/mol. The normalized spacial score (nSPS) is 22.2. The standard InChI is InChI=1S/C8H10F3NO3/c9-8(10,11)7(14)15-6(13)5-3-1-2-4-12-5/h5,12H,1-4H2. The maximum Gasteiger partial charge on any atom is 0.491 e. The van der Waals surface area contributed by atoms with Gasteiger partial charge in [0.1, 0.15) is 6.04 Å². The number of carbonyl (C=O) groups is 2. The molecule has 0 aliphatic carbocycles. The number of hydrogen-bond acceptors (Lipinski definition) is 4. The molecule has 0 bridgehead atoms. The number of alkyl halides is 3. The summed E-state index contributed by atoms with van der Waals surface area (Å²) in [5.41, 5.74) is 0. The minimum absolute atomic E-state index is 0.393. The third kappa shape index (κ3) is 3.50. The summed E-state index contributed by atoms with van der Waals surface area (Å²) in [6, 6.07) is -0.801. The molecule has 1 heterocycles. The Bertz CT molecular complexity index is 258. The first-order chi connectivity index (χ1) is 6.91. The van der Waals surface area contributed by atoms with Crippen molar-refractivity contribution in [1.82, 2.24) is 5.32 Å². The van der Waals surface area contributed by atoms with Crippen LogP contribution in [0.25, 0.3) is 0 Å². The van der Waals surface area contributed by atoms with E-state index in [1.54, 1.807) is 0 Å². The number of rotatable bonds is 1. The summed E-state index contributed by atoms with van der Waals surface area (Å²) in [7, 11) is 0. The molecule has 1 rings (SSSR count). The van der Waals surface area contributed by atoms with Gasteiger partial charge in [-0.25, -0.2) is 9.59 Å². The lowest BCUT2D eigenvalue weighted by Crippen LogP contribution is -2.43. The van der Waals surface area contributed by atoms with Crippen molar-refractivity contribution in [3.05, 3.63) is 0 Å². The molecule has 1 fully saturated rings. The van der Waals surface area contributed by atoms with Gasteiger partial charge in [0.25, 0.3) is 0 Å². The Balaban J connectivity index is 2.44. The number of hydrogen-bond donors (Lipinski definition) is 1. The molecule has 0 aromatic carbocycles. The Hall–Kier alpha value is -1.11. The third-order valence-electron chi connectivity index (χ3n) is 2.02. The molecule has 0 amide bonds. The van der Waals surface area contributed by atoms with Crippen LogP contribution in [0.3, 0.4) is 0 Å². The lowest BCUT2D eigenvalue weighted by Gasteiger charge is -2.21. The Labute approximate surface area is 83.8 Å². The Morgan fingerprint density at radius 3 is 2.40 bits per heavy atom. The van der Waals surface area contributed by atoms with Gasteiger partial charge in [-0.05, 0) is 19.4 Å².